The van der Waals surface area contributed by atoms with E-state index in [-0.39, 0.29) is 0 Å². The molecule has 0 heterocycles. The average molecular weight is 363 g/mol. The van der Waals surface area contributed by atoms with Crippen molar-refractivity contribution < 1.29 is 5.11 Å². The zero-order valence-corrected chi connectivity index (χ0v) is 15.8. The molecule has 0 aromatic carbocycles. The van der Waals surface area contributed by atoms with Crippen LogP contribution in [-0.4, -0.2) is 17.0 Å². The molecule has 0 unspecified atom stereocenters. The van der Waals surface area contributed by atoms with Crippen molar-refractivity contribution in [3.8, 4) is 0 Å². The van der Waals surface area contributed by atoms with Gasteiger partial charge in [-0.3, -0.25) is 0 Å². The van der Waals surface area contributed by atoms with Crippen LogP contribution < -0.4 is 0 Å². The number of alkyl halides is 1. The maximum Gasteiger partial charge on any atom is 0.0431 e. The molecule has 0 aliphatic carbocycles. The summed E-state index contributed by atoms with van der Waals surface area (Å²) in [4.78, 5) is 0. The highest BCUT2D eigenvalue weighted by atomic mass is 79.9. The number of aliphatic hydroxyl groups is 1. The van der Waals surface area contributed by atoms with Gasteiger partial charge in [0.05, 0.1) is 0 Å². The number of unbranched alkanes of at least 4 members (excludes halogenated alkanes) is 16. The first-order valence-electron chi connectivity index (χ1n) is 9.58. The van der Waals surface area contributed by atoms with Crippen molar-refractivity contribution in [2.24, 2.45) is 0 Å². The average Bonchev–Trinajstić information content (AvgIpc) is 2.50. The van der Waals surface area contributed by atoms with Crippen molar-refractivity contribution in [2.45, 2.75) is 109 Å². The van der Waals surface area contributed by atoms with Crippen molar-refractivity contribution in [3.63, 3.8) is 0 Å². The second-order valence-corrected chi connectivity index (χ2v) is 7.22. The lowest BCUT2D eigenvalue weighted by atomic mass is 10.0. The van der Waals surface area contributed by atoms with Gasteiger partial charge in [0.15, 0.2) is 0 Å². The molecule has 21 heavy (non-hydrogen) atoms. The quantitative estimate of drug-likeness (QED) is 0.205. The van der Waals surface area contributed by atoms with Gasteiger partial charge in [0.2, 0.25) is 0 Å². The molecule has 0 aromatic heterocycles. The minimum Gasteiger partial charge on any atom is -0.396 e. The summed E-state index contributed by atoms with van der Waals surface area (Å²) in [6.45, 7) is 0.372. The van der Waals surface area contributed by atoms with E-state index in [1.54, 1.807) is 0 Å². The van der Waals surface area contributed by atoms with Gasteiger partial charge in [-0.05, 0) is 12.8 Å². The molecule has 0 fully saturated rings. The monoisotopic (exact) mass is 362 g/mol. The van der Waals surface area contributed by atoms with Gasteiger partial charge >= 0.3 is 0 Å². The predicted molar refractivity (Wildman–Crippen MR) is 99.4 cm³/mol. The van der Waals surface area contributed by atoms with Crippen molar-refractivity contribution in [1.29, 1.82) is 0 Å². The van der Waals surface area contributed by atoms with Crippen LogP contribution in [0.2, 0.25) is 0 Å². The Morgan fingerprint density at radius 1 is 0.381 bits per heavy atom. The summed E-state index contributed by atoms with van der Waals surface area (Å²) in [6, 6.07) is 0. The van der Waals surface area contributed by atoms with Crippen LogP contribution in [0.4, 0.5) is 0 Å². The summed E-state index contributed by atoms with van der Waals surface area (Å²) in [7, 11) is 0. The molecule has 1 nitrogen and oxygen atoms in total. The van der Waals surface area contributed by atoms with Gasteiger partial charge in [-0.1, -0.05) is 112 Å². The second-order valence-electron chi connectivity index (χ2n) is 6.42. The van der Waals surface area contributed by atoms with Crippen LogP contribution in [0.3, 0.4) is 0 Å². The lowest BCUT2D eigenvalue weighted by molar-refractivity contribution is 0.282. The van der Waals surface area contributed by atoms with Crippen LogP contribution >= 0.6 is 15.9 Å². The molecule has 0 aliphatic heterocycles. The fraction of sp³-hybridized carbons (Fsp3) is 1.00. The molecule has 0 bridgehead atoms. The minimum absolute atomic E-state index is 0.372. The summed E-state index contributed by atoms with van der Waals surface area (Å²) in [5.41, 5.74) is 0. The van der Waals surface area contributed by atoms with Crippen LogP contribution in [0.15, 0.2) is 0 Å². The number of hydrogen-bond donors (Lipinski definition) is 1. The molecule has 0 amide bonds. The van der Waals surface area contributed by atoms with E-state index in [2.05, 4.69) is 15.9 Å². The number of rotatable bonds is 18. The predicted octanol–water partition coefficient (Wildman–Crippen LogP) is 7.01. The summed E-state index contributed by atoms with van der Waals surface area (Å²) in [6.07, 6.45) is 23.5. The van der Waals surface area contributed by atoms with Crippen molar-refractivity contribution in [3.05, 3.63) is 0 Å². The summed E-state index contributed by atoms with van der Waals surface area (Å²) in [5.74, 6) is 0. The third-order valence-electron chi connectivity index (χ3n) is 4.29. The highest BCUT2D eigenvalue weighted by Gasteiger charge is 1.94. The molecule has 128 valence electrons. The van der Waals surface area contributed by atoms with Crippen LogP contribution in [0, 0.1) is 0 Å². The molecule has 0 saturated carbocycles. The third kappa shape index (κ3) is 20.4. The molecular formula is C19H39BrO. The van der Waals surface area contributed by atoms with Gasteiger partial charge in [-0.15, -0.1) is 0 Å². The molecule has 0 aromatic rings. The second kappa shape index (κ2) is 20.4. The molecule has 0 atom stereocenters. The number of hydrogen-bond acceptors (Lipinski definition) is 1. The zero-order valence-electron chi connectivity index (χ0n) is 14.3. The fourth-order valence-corrected chi connectivity index (χ4v) is 3.25. The zero-order chi connectivity index (χ0) is 15.4. The maximum absolute atomic E-state index is 8.69. The summed E-state index contributed by atoms with van der Waals surface area (Å²) >= 11 is 3.49. The molecule has 0 radical (unpaired) electrons. The van der Waals surface area contributed by atoms with Gasteiger partial charge in [-0.2, -0.15) is 0 Å². The molecule has 0 spiro atoms. The van der Waals surface area contributed by atoms with E-state index in [9.17, 15) is 0 Å². The Morgan fingerprint density at radius 3 is 0.857 bits per heavy atom. The van der Waals surface area contributed by atoms with E-state index < -0.39 is 0 Å². The normalized spacial score (nSPS) is 11.1. The van der Waals surface area contributed by atoms with Gasteiger partial charge in [-0.25, -0.2) is 0 Å². The first kappa shape index (κ1) is 21.4. The third-order valence-corrected chi connectivity index (χ3v) is 4.85. The smallest absolute Gasteiger partial charge is 0.0431 e. The van der Waals surface area contributed by atoms with Gasteiger partial charge in [0.1, 0.15) is 0 Å². The Morgan fingerprint density at radius 2 is 0.619 bits per heavy atom. The van der Waals surface area contributed by atoms with Crippen LogP contribution in [0.25, 0.3) is 0 Å². The Bertz CT molecular complexity index is 155. The lowest BCUT2D eigenvalue weighted by Gasteiger charge is -2.03. The maximum atomic E-state index is 8.69. The lowest BCUT2D eigenvalue weighted by Crippen LogP contribution is -1.85. The van der Waals surface area contributed by atoms with Crippen LogP contribution in [0.5, 0.6) is 0 Å². The topological polar surface area (TPSA) is 20.2 Å². The van der Waals surface area contributed by atoms with E-state index in [4.69, 9.17) is 5.11 Å². The van der Waals surface area contributed by atoms with Gasteiger partial charge in [0, 0.05) is 11.9 Å². The Balaban J connectivity index is 2.90. The van der Waals surface area contributed by atoms with Crippen LogP contribution in [-0.2, 0) is 0 Å². The molecule has 2 heteroatoms. The highest BCUT2D eigenvalue weighted by molar-refractivity contribution is 9.09. The SMILES string of the molecule is OCCCCCCCCCCCCCCCCCCCBr. The summed E-state index contributed by atoms with van der Waals surface area (Å²) in [5, 5.41) is 9.87. The Labute approximate surface area is 142 Å². The fourth-order valence-electron chi connectivity index (χ4n) is 2.86. The molecule has 0 rings (SSSR count). The van der Waals surface area contributed by atoms with E-state index in [1.165, 1.54) is 108 Å². The highest BCUT2D eigenvalue weighted by Crippen LogP contribution is 2.14. The van der Waals surface area contributed by atoms with Crippen molar-refractivity contribution in [1.82, 2.24) is 0 Å². The van der Waals surface area contributed by atoms with E-state index >= 15 is 0 Å². The van der Waals surface area contributed by atoms with Crippen LogP contribution in [0.1, 0.15) is 109 Å². The van der Waals surface area contributed by atoms with Crippen molar-refractivity contribution >= 4 is 15.9 Å². The Kier molecular flexibility index (Phi) is 20.9. The van der Waals surface area contributed by atoms with E-state index in [0.717, 1.165) is 6.42 Å². The molecule has 0 saturated heterocycles. The number of halogens is 1. The standard InChI is InChI=1S/C19H39BrO/c20-18-16-14-12-10-8-6-4-2-1-3-5-7-9-11-13-15-17-19-21/h21H,1-19H2. The largest absolute Gasteiger partial charge is 0.396 e. The Hall–Kier alpha value is 0.440. The minimum atomic E-state index is 0.372. The first-order chi connectivity index (χ1) is 10.4. The van der Waals surface area contributed by atoms with Crippen molar-refractivity contribution in [2.75, 3.05) is 11.9 Å². The first-order valence-corrected chi connectivity index (χ1v) is 10.7. The summed E-state index contributed by atoms with van der Waals surface area (Å²) < 4.78 is 0. The molecule has 0 aliphatic rings. The number of aliphatic hydroxyl groups excluding tert-OH is 1. The molecular weight excluding hydrogens is 324 g/mol. The van der Waals surface area contributed by atoms with Gasteiger partial charge < -0.3 is 5.11 Å². The van der Waals surface area contributed by atoms with E-state index in [0.29, 0.717) is 6.61 Å². The van der Waals surface area contributed by atoms with E-state index in [1.807, 2.05) is 0 Å². The van der Waals surface area contributed by atoms with Gasteiger partial charge in [0.25, 0.3) is 0 Å². The molecule has 1 N–H and O–H groups in total.